The molecule has 220 valence electrons. The van der Waals surface area contributed by atoms with Crippen molar-refractivity contribution >= 4 is 50.7 Å². The number of carbonyl (C=O) groups excluding carboxylic acids is 2. The van der Waals surface area contributed by atoms with Gasteiger partial charge in [-0.1, -0.05) is 67.4 Å². The molecule has 8 nitrogen and oxygen atoms in total. The first-order valence-electron chi connectivity index (χ1n) is 13.3. The van der Waals surface area contributed by atoms with Gasteiger partial charge in [0.2, 0.25) is 11.8 Å². The number of hydrogen-bond acceptors (Lipinski definition) is 5. The van der Waals surface area contributed by atoms with Gasteiger partial charge in [-0.15, -0.1) is 0 Å². The summed E-state index contributed by atoms with van der Waals surface area (Å²) < 4.78 is 34.2. The Kier molecular flexibility index (Phi) is 11.5. The van der Waals surface area contributed by atoms with E-state index in [2.05, 4.69) is 5.32 Å². The molecule has 0 heterocycles. The van der Waals surface area contributed by atoms with Crippen LogP contribution in [0.15, 0.2) is 77.7 Å². The van der Waals surface area contributed by atoms with Gasteiger partial charge in [-0.25, -0.2) is 8.42 Å². The Hall–Kier alpha value is -3.27. The van der Waals surface area contributed by atoms with Crippen LogP contribution in [0.25, 0.3) is 0 Å². The fraction of sp³-hybridized carbons (Fsp3) is 0.333. The molecule has 41 heavy (non-hydrogen) atoms. The highest BCUT2D eigenvalue weighted by molar-refractivity contribution is 7.92. The summed E-state index contributed by atoms with van der Waals surface area (Å²) in [7, 11) is -2.73. The van der Waals surface area contributed by atoms with Gasteiger partial charge in [0.05, 0.1) is 17.7 Å². The van der Waals surface area contributed by atoms with Crippen molar-refractivity contribution in [3.8, 4) is 5.75 Å². The minimum atomic E-state index is -4.19. The Bertz CT molecular complexity index is 1430. The average Bonchev–Trinajstić information content (AvgIpc) is 2.97. The van der Waals surface area contributed by atoms with E-state index < -0.39 is 28.5 Å². The minimum absolute atomic E-state index is 0.0119. The lowest BCUT2D eigenvalue weighted by Crippen LogP contribution is -2.53. The molecule has 0 saturated carbocycles. The second-order valence-electron chi connectivity index (χ2n) is 9.49. The first-order valence-corrected chi connectivity index (χ1v) is 15.5. The number of hydrogen-bond donors (Lipinski definition) is 1. The van der Waals surface area contributed by atoms with Crippen LogP contribution in [-0.2, 0) is 26.2 Å². The van der Waals surface area contributed by atoms with E-state index in [1.54, 1.807) is 61.5 Å². The van der Waals surface area contributed by atoms with Crippen LogP contribution in [0.1, 0.15) is 39.2 Å². The predicted octanol–water partition coefficient (Wildman–Crippen LogP) is 5.92. The molecule has 1 N–H and O–H groups in total. The van der Waals surface area contributed by atoms with Crippen LogP contribution in [0.2, 0.25) is 10.0 Å². The molecule has 0 saturated heterocycles. The second-order valence-corrected chi connectivity index (χ2v) is 12.2. The summed E-state index contributed by atoms with van der Waals surface area (Å²) in [5.41, 5.74) is 0.687. The van der Waals surface area contributed by atoms with Gasteiger partial charge < -0.3 is 15.0 Å². The number of nitrogens with one attached hydrogen (secondary N) is 1. The Morgan fingerprint density at radius 2 is 1.56 bits per heavy atom. The lowest BCUT2D eigenvalue weighted by Gasteiger charge is -2.34. The van der Waals surface area contributed by atoms with E-state index in [1.807, 2.05) is 13.8 Å². The quantitative estimate of drug-likeness (QED) is 0.256. The fourth-order valence-corrected chi connectivity index (χ4v) is 6.17. The number of benzene rings is 3. The monoisotopic (exact) mass is 619 g/mol. The number of sulfonamides is 1. The molecule has 0 unspecified atom stereocenters. The van der Waals surface area contributed by atoms with Gasteiger partial charge in [0.25, 0.3) is 10.0 Å². The Labute approximate surface area is 252 Å². The summed E-state index contributed by atoms with van der Waals surface area (Å²) in [4.78, 5) is 28.9. The van der Waals surface area contributed by atoms with Crippen LogP contribution in [0.5, 0.6) is 5.75 Å². The number of methoxy groups -OCH3 is 1. The molecule has 2 amide bonds. The molecular weight excluding hydrogens is 585 g/mol. The third-order valence-corrected chi connectivity index (χ3v) is 9.22. The van der Waals surface area contributed by atoms with E-state index in [0.717, 1.165) is 4.31 Å². The molecule has 0 spiro atoms. The summed E-state index contributed by atoms with van der Waals surface area (Å²) in [6, 6.07) is 18.2. The summed E-state index contributed by atoms with van der Waals surface area (Å²) in [5, 5.41) is 3.60. The smallest absolute Gasteiger partial charge is 0.264 e. The number of carbonyl (C=O) groups is 2. The number of halogens is 2. The maximum absolute atomic E-state index is 14.2. The number of anilines is 1. The van der Waals surface area contributed by atoms with Gasteiger partial charge in [-0.3, -0.25) is 13.9 Å². The van der Waals surface area contributed by atoms with Crippen LogP contribution in [0.3, 0.4) is 0 Å². The lowest BCUT2D eigenvalue weighted by atomic mass is 10.1. The van der Waals surface area contributed by atoms with Crippen LogP contribution in [0, 0.1) is 0 Å². The zero-order chi connectivity index (χ0) is 30.2. The van der Waals surface area contributed by atoms with E-state index in [-0.39, 0.29) is 35.5 Å². The van der Waals surface area contributed by atoms with Crippen molar-refractivity contribution in [2.45, 2.75) is 57.1 Å². The summed E-state index contributed by atoms with van der Waals surface area (Å²) in [6.45, 7) is 4.92. The molecule has 0 bridgehead atoms. The highest BCUT2D eigenvalue weighted by atomic mass is 35.5. The van der Waals surface area contributed by atoms with Crippen molar-refractivity contribution in [3.63, 3.8) is 0 Å². The van der Waals surface area contributed by atoms with Crippen LogP contribution in [-0.4, -0.2) is 50.9 Å². The molecule has 3 rings (SSSR count). The van der Waals surface area contributed by atoms with E-state index in [1.165, 1.54) is 30.2 Å². The Morgan fingerprint density at radius 1 is 0.927 bits per heavy atom. The number of amides is 2. The van der Waals surface area contributed by atoms with E-state index in [0.29, 0.717) is 27.8 Å². The molecule has 3 aromatic carbocycles. The van der Waals surface area contributed by atoms with Crippen LogP contribution < -0.4 is 14.4 Å². The van der Waals surface area contributed by atoms with Crippen LogP contribution >= 0.6 is 23.2 Å². The highest BCUT2D eigenvalue weighted by Crippen LogP contribution is 2.30. The number of nitrogens with zero attached hydrogens (tertiary/aromatic N) is 2. The minimum Gasteiger partial charge on any atom is -0.497 e. The lowest BCUT2D eigenvalue weighted by molar-refractivity contribution is -0.140. The summed E-state index contributed by atoms with van der Waals surface area (Å²) in [6.07, 6.45) is 0.978. The van der Waals surface area contributed by atoms with Crippen molar-refractivity contribution in [3.05, 3.63) is 88.4 Å². The van der Waals surface area contributed by atoms with Crippen molar-refractivity contribution in [1.29, 1.82) is 0 Å². The zero-order valence-electron chi connectivity index (χ0n) is 23.5. The zero-order valence-corrected chi connectivity index (χ0v) is 25.8. The van der Waals surface area contributed by atoms with E-state index in [9.17, 15) is 18.0 Å². The SMILES string of the molecule is CC[C@@H](C)NC(=O)[C@@H](CC)N(Cc1c(Cl)cccc1Cl)C(=O)CN(c1cccc(OC)c1)S(=O)(=O)c1ccccc1. The van der Waals surface area contributed by atoms with Gasteiger partial charge in [-0.05, 0) is 56.2 Å². The van der Waals surface area contributed by atoms with Crippen molar-refractivity contribution in [1.82, 2.24) is 10.2 Å². The van der Waals surface area contributed by atoms with Gasteiger partial charge in [-0.2, -0.15) is 0 Å². The molecule has 2 atom stereocenters. The predicted molar refractivity (Wildman–Crippen MR) is 163 cm³/mol. The summed E-state index contributed by atoms with van der Waals surface area (Å²) in [5.74, 6) is -0.533. The first-order chi connectivity index (χ1) is 19.5. The largest absolute Gasteiger partial charge is 0.497 e. The van der Waals surface area contributed by atoms with Gasteiger partial charge in [0.15, 0.2) is 0 Å². The van der Waals surface area contributed by atoms with Gasteiger partial charge in [0, 0.05) is 34.3 Å². The van der Waals surface area contributed by atoms with Gasteiger partial charge in [0.1, 0.15) is 18.3 Å². The van der Waals surface area contributed by atoms with Crippen molar-refractivity contribution < 1.29 is 22.7 Å². The Morgan fingerprint density at radius 3 is 2.15 bits per heavy atom. The summed E-state index contributed by atoms with van der Waals surface area (Å²) >= 11 is 12.9. The first kappa shape index (κ1) is 32.2. The highest BCUT2D eigenvalue weighted by Gasteiger charge is 2.34. The fourth-order valence-electron chi connectivity index (χ4n) is 4.23. The van der Waals surface area contributed by atoms with Crippen molar-refractivity contribution in [2.75, 3.05) is 18.0 Å². The van der Waals surface area contributed by atoms with E-state index in [4.69, 9.17) is 27.9 Å². The maximum atomic E-state index is 14.2. The topological polar surface area (TPSA) is 96.0 Å². The normalized spacial score (nSPS) is 12.7. The number of ether oxygens (including phenoxy) is 1. The third-order valence-electron chi connectivity index (χ3n) is 6.73. The molecule has 0 aliphatic heterocycles. The molecule has 0 aliphatic carbocycles. The molecular formula is C30H35Cl2N3O5S. The van der Waals surface area contributed by atoms with Gasteiger partial charge >= 0.3 is 0 Å². The van der Waals surface area contributed by atoms with Crippen molar-refractivity contribution in [2.24, 2.45) is 0 Å². The molecule has 3 aromatic rings. The average molecular weight is 621 g/mol. The number of rotatable bonds is 13. The molecule has 11 heteroatoms. The maximum Gasteiger partial charge on any atom is 0.264 e. The third kappa shape index (κ3) is 7.93. The Balaban J connectivity index is 2.11. The van der Waals surface area contributed by atoms with E-state index >= 15 is 0 Å². The molecule has 0 aliphatic rings. The molecule has 0 aromatic heterocycles. The molecule has 0 fully saturated rings. The molecule has 0 radical (unpaired) electrons. The van der Waals surface area contributed by atoms with Crippen LogP contribution in [0.4, 0.5) is 5.69 Å². The second kappa shape index (κ2) is 14.6. The standard InChI is InChI=1S/C30H35Cl2N3O5S/c1-5-21(3)33-30(37)28(6-2)34(19-25-26(31)16-11-17-27(25)32)29(36)20-35(22-12-10-13-23(18-22)40-4)41(38,39)24-14-8-7-9-15-24/h7-18,21,28H,5-6,19-20H2,1-4H3,(H,33,37)/t21-,28-/m1/s1.